The first kappa shape index (κ1) is 14.6. The van der Waals surface area contributed by atoms with Crippen LogP contribution in [0.25, 0.3) is 0 Å². The summed E-state index contributed by atoms with van der Waals surface area (Å²) in [6, 6.07) is 8.98. The van der Waals surface area contributed by atoms with E-state index in [-0.39, 0.29) is 19.5 Å². The van der Waals surface area contributed by atoms with Gasteiger partial charge in [-0.15, -0.1) is 5.10 Å². The molecule has 1 unspecified atom stereocenters. The number of hydrogen-bond acceptors (Lipinski definition) is 6. The van der Waals surface area contributed by atoms with E-state index in [2.05, 4.69) is 15.5 Å². The standard InChI is InChI=1S/C13H15N5O3S/c19-13(7-8-17-10-14-15-16-17)18-9-6-12(22(18,20)21)11-4-2-1-3-5-11/h1-5,10,12H,6-9H2. The minimum absolute atomic E-state index is 0.0474. The first-order valence-electron chi connectivity index (χ1n) is 6.89. The van der Waals surface area contributed by atoms with E-state index in [4.69, 9.17) is 0 Å². The molecule has 0 aliphatic carbocycles. The lowest BCUT2D eigenvalue weighted by molar-refractivity contribution is -0.126. The molecule has 1 aliphatic heterocycles. The van der Waals surface area contributed by atoms with E-state index in [0.717, 1.165) is 9.87 Å². The fourth-order valence-electron chi connectivity index (χ4n) is 2.55. The van der Waals surface area contributed by atoms with Gasteiger partial charge < -0.3 is 0 Å². The zero-order valence-electron chi connectivity index (χ0n) is 11.7. The van der Waals surface area contributed by atoms with Gasteiger partial charge in [0.05, 0.1) is 6.54 Å². The van der Waals surface area contributed by atoms with Crippen LogP contribution < -0.4 is 0 Å². The fourth-order valence-corrected chi connectivity index (χ4v) is 4.50. The number of aryl methyl sites for hydroxylation is 1. The lowest BCUT2D eigenvalue weighted by Gasteiger charge is -2.17. The summed E-state index contributed by atoms with van der Waals surface area (Å²) in [5.41, 5.74) is 0.721. The smallest absolute Gasteiger partial charge is 0.244 e. The fraction of sp³-hybridized carbons (Fsp3) is 0.385. The zero-order valence-corrected chi connectivity index (χ0v) is 12.6. The number of nitrogens with zero attached hydrogens (tertiary/aromatic N) is 5. The molecule has 2 heterocycles. The van der Waals surface area contributed by atoms with Gasteiger partial charge in [0.1, 0.15) is 11.6 Å². The molecule has 1 aromatic heterocycles. The summed E-state index contributed by atoms with van der Waals surface area (Å²) in [6.07, 6.45) is 1.85. The van der Waals surface area contributed by atoms with Crippen LogP contribution in [0.3, 0.4) is 0 Å². The average molecular weight is 321 g/mol. The van der Waals surface area contributed by atoms with Crippen molar-refractivity contribution in [1.82, 2.24) is 24.5 Å². The van der Waals surface area contributed by atoms with Crippen molar-refractivity contribution in [3.8, 4) is 0 Å². The van der Waals surface area contributed by atoms with Crippen LogP contribution in [0.5, 0.6) is 0 Å². The van der Waals surface area contributed by atoms with Gasteiger partial charge in [0.25, 0.3) is 0 Å². The summed E-state index contributed by atoms with van der Waals surface area (Å²) in [5.74, 6) is -0.422. The maximum atomic E-state index is 12.6. The summed E-state index contributed by atoms with van der Waals surface area (Å²) in [5, 5.41) is 9.94. The third-order valence-corrected chi connectivity index (χ3v) is 5.88. The van der Waals surface area contributed by atoms with Crippen LogP contribution in [0.2, 0.25) is 0 Å². The lowest BCUT2D eigenvalue weighted by Crippen LogP contribution is -2.33. The van der Waals surface area contributed by atoms with Gasteiger partial charge in [-0.05, 0) is 22.4 Å². The predicted molar refractivity (Wildman–Crippen MR) is 76.9 cm³/mol. The Labute approximate surface area is 127 Å². The third kappa shape index (κ3) is 2.71. The molecular formula is C13H15N5O3S. The Morgan fingerprint density at radius 3 is 2.73 bits per heavy atom. The van der Waals surface area contributed by atoms with E-state index in [1.165, 1.54) is 11.0 Å². The van der Waals surface area contributed by atoms with Gasteiger partial charge in [-0.25, -0.2) is 17.4 Å². The van der Waals surface area contributed by atoms with Crippen molar-refractivity contribution in [2.45, 2.75) is 24.6 Å². The molecule has 9 heteroatoms. The Balaban J connectivity index is 1.71. The van der Waals surface area contributed by atoms with Gasteiger partial charge in [0.15, 0.2) is 0 Å². The summed E-state index contributed by atoms with van der Waals surface area (Å²) < 4.78 is 27.5. The number of rotatable bonds is 4. The molecule has 0 bridgehead atoms. The summed E-state index contributed by atoms with van der Waals surface area (Å²) in [4.78, 5) is 12.2. The molecule has 116 valence electrons. The van der Waals surface area contributed by atoms with E-state index in [9.17, 15) is 13.2 Å². The van der Waals surface area contributed by atoms with Crippen molar-refractivity contribution in [1.29, 1.82) is 0 Å². The highest BCUT2D eigenvalue weighted by Gasteiger charge is 2.42. The summed E-state index contributed by atoms with van der Waals surface area (Å²) in [6.45, 7) is 0.476. The van der Waals surface area contributed by atoms with Crippen LogP contribution in [0.15, 0.2) is 36.7 Å². The molecule has 1 atom stereocenters. The number of benzene rings is 1. The van der Waals surface area contributed by atoms with Crippen LogP contribution in [-0.4, -0.2) is 45.4 Å². The average Bonchev–Trinajstić information content (AvgIpc) is 3.13. The molecule has 0 N–H and O–H groups in total. The number of carbonyl (C=O) groups excluding carboxylic acids is 1. The molecule has 1 aromatic carbocycles. The minimum Gasteiger partial charge on any atom is -0.274 e. The molecule has 1 fully saturated rings. The monoisotopic (exact) mass is 321 g/mol. The first-order valence-corrected chi connectivity index (χ1v) is 8.39. The molecule has 2 aromatic rings. The van der Waals surface area contributed by atoms with Gasteiger partial charge in [-0.2, -0.15) is 0 Å². The van der Waals surface area contributed by atoms with E-state index in [1.54, 1.807) is 24.3 Å². The second-order valence-electron chi connectivity index (χ2n) is 5.02. The van der Waals surface area contributed by atoms with E-state index < -0.39 is 21.2 Å². The van der Waals surface area contributed by atoms with E-state index >= 15 is 0 Å². The highest BCUT2D eigenvalue weighted by atomic mass is 32.2. The van der Waals surface area contributed by atoms with Crippen LogP contribution in [0, 0.1) is 0 Å². The Morgan fingerprint density at radius 1 is 1.27 bits per heavy atom. The Hall–Kier alpha value is -2.29. The Bertz CT molecular complexity index is 745. The van der Waals surface area contributed by atoms with Gasteiger partial charge in [-0.1, -0.05) is 30.3 Å². The maximum Gasteiger partial charge on any atom is 0.244 e. The van der Waals surface area contributed by atoms with Crippen molar-refractivity contribution in [2.24, 2.45) is 0 Å². The Morgan fingerprint density at radius 2 is 2.05 bits per heavy atom. The van der Waals surface area contributed by atoms with Crippen LogP contribution in [0.4, 0.5) is 0 Å². The summed E-state index contributed by atoms with van der Waals surface area (Å²) >= 11 is 0. The molecule has 0 spiro atoms. The van der Waals surface area contributed by atoms with Crippen molar-refractivity contribution in [3.05, 3.63) is 42.2 Å². The number of hydrogen-bond donors (Lipinski definition) is 0. The van der Waals surface area contributed by atoms with Crippen LogP contribution in [-0.2, 0) is 21.4 Å². The highest BCUT2D eigenvalue weighted by Crippen LogP contribution is 2.35. The molecule has 3 rings (SSSR count). The Kier molecular flexibility index (Phi) is 3.88. The minimum atomic E-state index is -3.65. The quantitative estimate of drug-likeness (QED) is 0.807. The zero-order chi connectivity index (χ0) is 15.6. The highest BCUT2D eigenvalue weighted by molar-refractivity contribution is 7.90. The van der Waals surface area contributed by atoms with Gasteiger partial charge in [0.2, 0.25) is 15.9 Å². The number of tetrazole rings is 1. The normalized spacial score (nSPS) is 20.2. The molecule has 1 aliphatic rings. The molecule has 0 radical (unpaired) electrons. The molecule has 1 amide bonds. The second-order valence-corrected chi connectivity index (χ2v) is 7.06. The van der Waals surface area contributed by atoms with E-state index in [1.807, 2.05) is 6.07 Å². The molecule has 8 nitrogen and oxygen atoms in total. The third-order valence-electron chi connectivity index (χ3n) is 3.66. The SMILES string of the molecule is O=C(CCn1cnnn1)N1CCC(c2ccccc2)S1(=O)=O. The number of amides is 1. The molecular weight excluding hydrogens is 306 g/mol. The molecule has 1 saturated heterocycles. The molecule has 0 saturated carbocycles. The largest absolute Gasteiger partial charge is 0.274 e. The first-order chi connectivity index (χ1) is 10.6. The molecule has 22 heavy (non-hydrogen) atoms. The van der Waals surface area contributed by atoms with Crippen LogP contribution in [0.1, 0.15) is 23.7 Å². The van der Waals surface area contributed by atoms with Crippen molar-refractivity contribution in [2.75, 3.05) is 6.54 Å². The lowest BCUT2D eigenvalue weighted by atomic mass is 10.1. The van der Waals surface area contributed by atoms with Crippen LogP contribution >= 0.6 is 0 Å². The number of aromatic nitrogens is 4. The van der Waals surface area contributed by atoms with Gasteiger partial charge >= 0.3 is 0 Å². The van der Waals surface area contributed by atoms with Crippen molar-refractivity contribution < 1.29 is 13.2 Å². The second kappa shape index (κ2) is 5.84. The van der Waals surface area contributed by atoms with Crippen molar-refractivity contribution >= 4 is 15.9 Å². The summed E-state index contributed by atoms with van der Waals surface area (Å²) in [7, 11) is -3.65. The maximum absolute atomic E-state index is 12.6. The van der Waals surface area contributed by atoms with Crippen molar-refractivity contribution in [3.63, 3.8) is 0 Å². The van der Waals surface area contributed by atoms with Gasteiger partial charge in [0, 0.05) is 13.0 Å². The van der Waals surface area contributed by atoms with E-state index in [0.29, 0.717) is 6.42 Å². The number of sulfonamides is 1. The van der Waals surface area contributed by atoms with Gasteiger partial charge in [-0.3, -0.25) is 4.79 Å². The topological polar surface area (TPSA) is 98.1 Å². The predicted octanol–water partition coefficient (Wildman–Crippen LogP) is 0.367. The number of carbonyl (C=O) groups is 1.